The second-order valence-electron chi connectivity index (χ2n) is 14.8. The Morgan fingerprint density at radius 2 is 1.85 bits per heavy atom. The number of methoxy groups -OCH3 is 1. The molecule has 0 radical (unpaired) electrons. The number of nitrogens with two attached hydrogens (primary N) is 1. The van der Waals surface area contributed by atoms with Crippen molar-refractivity contribution in [1.82, 2.24) is 29.0 Å². The predicted octanol–water partition coefficient (Wildman–Crippen LogP) is 5.62. The quantitative estimate of drug-likeness (QED) is 0.235. The zero-order valence-electron chi connectivity index (χ0n) is 28.2. The number of pyridine rings is 2. The predicted molar refractivity (Wildman–Crippen MR) is 186 cm³/mol. The number of benzene rings is 1. The van der Waals surface area contributed by atoms with E-state index in [1.54, 1.807) is 13.3 Å². The highest BCUT2D eigenvalue weighted by Crippen LogP contribution is 2.40. The molecule has 2 unspecified atom stereocenters. The minimum absolute atomic E-state index is 0.0104. The number of imidazole rings is 1. The van der Waals surface area contributed by atoms with Crippen LogP contribution in [0.15, 0.2) is 48.7 Å². The van der Waals surface area contributed by atoms with Gasteiger partial charge >= 0.3 is 0 Å². The van der Waals surface area contributed by atoms with E-state index in [1.165, 1.54) is 12.8 Å². The van der Waals surface area contributed by atoms with Gasteiger partial charge in [-0.25, -0.2) is 15.0 Å². The number of rotatable bonds is 7. The van der Waals surface area contributed by atoms with Gasteiger partial charge in [-0.2, -0.15) is 0 Å². The normalized spacial score (nSPS) is 20.6. The van der Waals surface area contributed by atoms with E-state index in [1.807, 2.05) is 63.1 Å². The Morgan fingerprint density at radius 1 is 1.04 bits per heavy atom. The van der Waals surface area contributed by atoms with Crippen molar-refractivity contribution >= 4 is 39.7 Å². The maximum absolute atomic E-state index is 13.8. The minimum Gasteiger partial charge on any atom is -0.494 e. The molecule has 11 nitrogen and oxygen atoms in total. The highest BCUT2D eigenvalue weighted by atomic mass is 16.5. The number of aryl methyl sites for hydroxylation is 1. The molecule has 2 aliphatic carbocycles. The maximum Gasteiger partial charge on any atom is 0.254 e. The number of ether oxygens (including phenoxy) is 1. The molecular weight excluding hydrogens is 604 g/mol. The molecule has 1 aliphatic heterocycles. The van der Waals surface area contributed by atoms with Crippen LogP contribution in [-0.4, -0.2) is 66.5 Å². The topological polar surface area (TPSA) is 133 Å². The Balaban J connectivity index is 1.17. The lowest BCUT2D eigenvalue weighted by Crippen LogP contribution is -2.41. The van der Waals surface area contributed by atoms with Crippen LogP contribution in [0.1, 0.15) is 56.8 Å². The van der Waals surface area contributed by atoms with Gasteiger partial charge < -0.3 is 29.8 Å². The third-order valence-electron chi connectivity index (χ3n) is 10.4. The van der Waals surface area contributed by atoms with E-state index < -0.39 is 5.41 Å². The standard InChI is InChI=1S/C37H42N8O3/c1-37(2,3)36(47)42-30-13-10-22(17-39-30)25-11-8-21-15-28(44(33(21)40-25)18-20-6-7-20)34-41-26-14-24(16-29(48-5)32(26)43(34)4)35(46)45-19-23-9-12-27(45)31(23)38/h8,10-11,13-17,20,23,27,31H,6-7,9,12,18-19,38H2,1-5H3,(H,39,42,47)/t23?,27?,31-/m1/s1. The average molecular weight is 647 g/mol. The molecule has 11 heteroatoms. The first kappa shape index (κ1) is 30.6. The smallest absolute Gasteiger partial charge is 0.254 e. The monoisotopic (exact) mass is 646 g/mol. The maximum atomic E-state index is 13.8. The fourth-order valence-electron chi connectivity index (χ4n) is 7.41. The number of aromatic nitrogens is 5. The molecular formula is C37H42N8O3. The summed E-state index contributed by atoms with van der Waals surface area (Å²) >= 11 is 0. The molecule has 1 saturated heterocycles. The first-order valence-electron chi connectivity index (χ1n) is 16.9. The summed E-state index contributed by atoms with van der Waals surface area (Å²) in [5, 5.41) is 3.91. The van der Waals surface area contributed by atoms with Crippen molar-refractivity contribution in [2.75, 3.05) is 19.0 Å². The number of fused-ring (bicyclic) bond motifs is 4. The summed E-state index contributed by atoms with van der Waals surface area (Å²) in [5.74, 6) is 2.79. The fraction of sp³-hybridized carbons (Fsp3) is 0.432. The Labute approximate surface area is 279 Å². The molecule has 4 aromatic heterocycles. The highest BCUT2D eigenvalue weighted by molar-refractivity contribution is 6.00. The summed E-state index contributed by atoms with van der Waals surface area (Å²) in [6.07, 6.45) is 6.18. The molecule has 3 fully saturated rings. The molecule has 3 atom stereocenters. The fourth-order valence-corrected chi connectivity index (χ4v) is 7.41. The van der Waals surface area contributed by atoms with E-state index in [0.29, 0.717) is 41.0 Å². The van der Waals surface area contributed by atoms with Crippen LogP contribution in [0.25, 0.3) is 44.8 Å². The third kappa shape index (κ3) is 5.11. The molecule has 2 saturated carbocycles. The van der Waals surface area contributed by atoms with Crippen LogP contribution in [0.5, 0.6) is 5.75 Å². The van der Waals surface area contributed by atoms with Crippen LogP contribution in [0, 0.1) is 17.3 Å². The number of hydrogen-bond acceptors (Lipinski definition) is 7. The van der Waals surface area contributed by atoms with Gasteiger partial charge in [-0.05, 0) is 80.0 Å². The van der Waals surface area contributed by atoms with Crippen molar-refractivity contribution in [2.24, 2.45) is 30.0 Å². The van der Waals surface area contributed by atoms with E-state index in [4.69, 9.17) is 20.4 Å². The number of hydrogen-bond donors (Lipinski definition) is 2. The second kappa shape index (κ2) is 11.2. The molecule has 3 N–H and O–H groups in total. The van der Waals surface area contributed by atoms with Crippen LogP contribution in [0.3, 0.4) is 0 Å². The largest absolute Gasteiger partial charge is 0.494 e. The summed E-state index contributed by atoms with van der Waals surface area (Å²) < 4.78 is 10.2. The molecule has 48 heavy (non-hydrogen) atoms. The van der Waals surface area contributed by atoms with Gasteiger partial charge in [-0.3, -0.25) is 9.59 Å². The number of piperidine rings is 1. The number of carbonyl (C=O) groups excluding carboxylic acids is 2. The van der Waals surface area contributed by atoms with Gasteiger partial charge in [0, 0.05) is 60.3 Å². The minimum atomic E-state index is -0.510. The van der Waals surface area contributed by atoms with Gasteiger partial charge in [0.15, 0.2) is 5.82 Å². The molecule has 5 heterocycles. The Kier molecular flexibility index (Phi) is 7.10. The van der Waals surface area contributed by atoms with Crippen molar-refractivity contribution in [3.63, 3.8) is 0 Å². The molecule has 3 aliphatic rings. The van der Waals surface area contributed by atoms with E-state index in [0.717, 1.165) is 58.7 Å². The molecule has 0 spiro atoms. The van der Waals surface area contributed by atoms with Crippen molar-refractivity contribution in [3.8, 4) is 28.5 Å². The van der Waals surface area contributed by atoms with E-state index in [-0.39, 0.29) is 23.9 Å². The van der Waals surface area contributed by atoms with Crippen LogP contribution in [0.4, 0.5) is 5.82 Å². The lowest BCUT2D eigenvalue weighted by Gasteiger charge is -2.27. The van der Waals surface area contributed by atoms with Crippen molar-refractivity contribution in [1.29, 1.82) is 0 Å². The number of anilines is 1. The third-order valence-corrected chi connectivity index (χ3v) is 10.4. The molecule has 2 bridgehead atoms. The van der Waals surface area contributed by atoms with Gasteiger partial charge in [-0.15, -0.1) is 0 Å². The van der Waals surface area contributed by atoms with Crippen LogP contribution in [-0.2, 0) is 18.4 Å². The molecule has 5 aromatic rings. The second-order valence-corrected chi connectivity index (χ2v) is 14.8. The highest BCUT2D eigenvalue weighted by Gasteiger charge is 2.47. The lowest BCUT2D eigenvalue weighted by atomic mass is 9.96. The van der Waals surface area contributed by atoms with E-state index in [2.05, 4.69) is 31.6 Å². The Bertz CT molecular complexity index is 2090. The van der Waals surface area contributed by atoms with Crippen molar-refractivity contribution < 1.29 is 14.3 Å². The lowest BCUT2D eigenvalue weighted by molar-refractivity contribution is -0.123. The summed E-state index contributed by atoms with van der Waals surface area (Å²) in [7, 11) is 3.63. The molecule has 248 valence electrons. The molecule has 1 aromatic carbocycles. The van der Waals surface area contributed by atoms with Crippen LogP contribution in [0.2, 0.25) is 0 Å². The summed E-state index contributed by atoms with van der Waals surface area (Å²) in [5.41, 5.74) is 11.6. The first-order chi connectivity index (χ1) is 23.0. The summed E-state index contributed by atoms with van der Waals surface area (Å²) in [4.78, 5) is 42.9. The number of carbonyl (C=O) groups is 2. The zero-order chi connectivity index (χ0) is 33.5. The van der Waals surface area contributed by atoms with Gasteiger partial charge in [-0.1, -0.05) is 20.8 Å². The number of likely N-dealkylation sites (tertiary alicyclic amines) is 1. The summed E-state index contributed by atoms with van der Waals surface area (Å²) in [6.45, 7) is 7.17. The van der Waals surface area contributed by atoms with Crippen LogP contribution < -0.4 is 15.8 Å². The van der Waals surface area contributed by atoms with Crippen LogP contribution >= 0.6 is 0 Å². The van der Waals surface area contributed by atoms with Gasteiger partial charge in [0.1, 0.15) is 22.7 Å². The van der Waals surface area contributed by atoms with Gasteiger partial charge in [0.2, 0.25) is 5.91 Å². The SMILES string of the molecule is COc1cc(C(=O)N2CC3CCC2[C@@H]3N)cc2nc(-c3cc4ccc(-c5ccc(NC(=O)C(C)(C)C)nc5)nc4n3CC3CC3)n(C)c12. The van der Waals surface area contributed by atoms with Crippen molar-refractivity contribution in [3.05, 3.63) is 54.2 Å². The van der Waals surface area contributed by atoms with E-state index in [9.17, 15) is 9.59 Å². The summed E-state index contributed by atoms with van der Waals surface area (Å²) in [6, 6.07) is 13.9. The Hall–Kier alpha value is -4.77. The molecule has 2 amide bonds. The first-order valence-corrected chi connectivity index (χ1v) is 16.9. The number of nitrogens with one attached hydrogen (secondary N) is 1. The van der Waals surface area contributed by atoms with Gasteiger partial charge in [0.05, 0.1) is 24.0 Å². The Morgan fingerprint density at radius 3 is 2.50 bits per heavy atom. The van der Waals surface area contributed by atoms with Crippen molar-refractivity contribution in [2.45, 2.75) is 65.1 Å². The number of nitrogens with zero attached hydrogens (tertiary/aromatic N) is 6. The molecule has 8 rings (SSSR count). The van der Waals surface area contributed by atoms with Gasteiger partial charge in [0.25, 0.3) is 5.91 Å². The number of amides is 2. The van der Waals surface area contributed by atoms with E-state index >= 15 is 0 Å². The average Bonchev–Trinajstić information content (AvgIpc) is 3.47. The zero-order valence-corrected chi connectivity index (χ0v) is 28.2.